The van der Waals surface area contributed by atoms with E-state index in [-0.39, 0.29) is 6.03 Å². The summed E-state index contributed by atoms with van der Waals surface area (Å²) in [6.45, 7) is 6.06. The fourth-order valence-electron chi connectivity index (χ4n) is 2.15. The fourth-order valence-corrected chi connectivity index (χ4v) is 2.15. The maximum Gasteiger partial charge on any atom is 0.321 e. The summed E-state index contributed by atoms with van der Waals surface area (Å²) in [5.74, 6) is 0.628. The normalized spacial score (nSPS) is 19.4. The number of amides is 2. The summed E-state index contributed by atoms with van der Waals surface area (Å²) in [5.41, 5.74) is 2.17. The Morgan fingerprint density at radius 3 is 2.65 bits per heavy atom. The van der Waals surface area contributed by atoms with E-state index in [1.807, 2.05) is 17.0 Å². The third-order valence-corrected chi connectivity index (χ3v) is 3.32. The number of aryl methyl sites for hydroxylation is 1. The molecule has 0 saturated carbocycles. The number of benzene rings is 1. The Morgan fingerprint density at radius 2 is 2.12 bits per heavy atom. The molecule has 92 valence electrons. The molecular weight excluding hydrogens is 212 g/mol. The lowest BCUT2D eigenvalue weighted by Crippen LogP contribution is -2.32. The van der Waals surface area contributed by atoms with Crippen molar-refractivity contribution in [3.05, 3.63) is 29.8 Å². The molecule has 1 heterocycles. The Labute approximate surface area is 103 Å². The first-order valence-corrected chi connectivity index (χ1v) is 6.34. The number of likely N-dealkylation sites (tertiary alicyclic amines) is 1. The molecule has 1 unspecified atom stereocenters. The number of urea groups is 1. The molecule has 2 amide bonds. The van der Waals surface area contributed by atoms with E-state index in [9.17, 15) is 4.79 Å². The van der Waals surface area contributed by atoms with Gasteiger partial charge in [0.1, 0.15) is 0 Å². The lowest BCUT2D eigenvalue weighted by atomic mass is 10.1. The summed E-state index contributed by atoms with van der Waals surface area (Å²) < 4.78 is 0. The van der Waals surface area contributed by atoms with Crippen LogP contribution in [-0.4, -0.2) is 24.0 Å². The van der Waals surface area contributed by atoms with Gasteiger partial charge in [0.05, 0.1) is 0 Å². The van der Waals surface area contributed by atoms with Crippen molar-refractivity contribution in [2.45, 2.75) is 26.7 Å². The number of nitrogens with one attached hydrogen (secondary N) is 1. The van der Waals surface area contributed by atoms with Crippen molar-refractivity contribution in [2.75, 3.05) is 18.4 Å². The fraction of sp³-hybridized carbons (Fsp3) is 0.500. The molecule has 0 bridgehead atoms. The third kappa shape index (κ3) is 2.99. The van der Waals surface area contributed by atoms with Crippen LogP contribution in [0, 0.1) is 5.92 Å². The molecule has 1 aliphatic rings. The smallest absolute Gasteiger partial charge is 0.321 e. The second-order valence-electron chi connectivity index (χ2n) is 4.82. The quantitative estimate of drug-likeness (QED) is 0.834. The van der Waals surface area contributed by atoms with Crippen molar-refractivity contribution in [1.82, 2.24) is 4.90 Å². The van der Waals surface area contributed by atoms with E-state index in [2.05, 4.69) is 31.3 Å². The third-order valence-electron chi connectivity index (χ3n) is 3.32. The van der Waals surface area contributed by atoms with Gasteiger partial charge in [0, 0.05) is 18.8 Å². The van der Waals surface area contributed by atoms with Gasteiger partial charge in [0.25, 0.3) is 0 Å². The van der Waals surface area contributed by atoms with Gasteiger partial charge in [-0.2, -0.15) is 0 Å². The molecule has 0 spiro atoms. The highest BCUT2D eigenvalue weighted by Crippen LogP contribution is 2.17. The van der Waals surface area contributed by atoms with E-state index < -0.39 is 0 Å². The average Bonchev–Trinajstić information content (AvgIpc) is 2.77. The minimum Gasteiger partial charge on any atom is -0.324 e. The highest BCUT2D eigenvalue weighted by Gasteiger charge is 2.22. The van der Waals surface area contributed by atoms with E-state index in [4.69, 9.17) is 0 Å². The topological polar surface area (TPSA) is 32.3 Å². The van der Waals surface area contributed by atoms with Crippen LogP contribution in [0.5, 0.6) is 0 Å². The van der Waals surface area contributed by atoms with Gasteiger partial charge < -0.3 is 10.2 Å². The summed E-state index contributed by atoms with van der Waals surface area (Å²) in [6.07, 6.45) is 2.14. The van der Waals surface area contributed by atoms with E-state index in [1.165, 1.54) is 5.56 Å². The molecular formula is C14H20N2O. The van der Waals surface area contributed by atoms with Crippen LogP contribution in [0.4, 0.5) is 10.5 Å². The second-order valence-corrected chi connectivity index (χ2v) is 4.82. The van der Waals surface area contributed by atoms with Crippen LogP contribution >= 0.6 is 0 Å². The lowest BCUT2D eigenvalue weighted by Gasteiger charge is -2.16. The highest BCUT2D eigenvalue weighted by molar-refractivity contribution is 5.89. The van der Waals surface area contributed by atoms with Crippen molar-refractivity contribution >= 4 is 11.7 Å². The summed E-state index contributed by atoms with van der Waals surface area (Å²) in [4.78, 5) is 13.8. The molecule has 1 atom stereocenters. The zero-order valence-corrected chi connectivity index (χ0v) is 10.6. The Balaban J connectivity index is 1.93. The summed E-state index contributed by atoms with van der Waals surface area (Å²) in [7, 11) is 0. The molecule has 1 aromatic carbocycles. The first-order chi connectivity index (χ1) is 8.19. The number of hydrogen-bond donors (Lipinski definition) is 1. The molecule has 1 aliphatic heterocycles. The molecule has 1 fully saturated rings. The second kappa shape index (κ2) is 5.21. The molecule has 2 rings (SSSR count). The van der Waals surface area contributed by atoms with E-state index in [0.717, 1.165) is 31.6 Å². The molecule has 1 aromatic rings. The van der Waals surface area contributed by atoms with Gasteiger partial charge in [-0.15, -0.1) is 0 Å². The summed E-state index contributed by atoms with van der Waals surface area (Å²) >= 11 is 0. The number of anilines is 1. The van der Waals surface area contributed by atoms with Gasteiger partial charge in [0.15, 0.2) is 0 Å². The van der Waals surface area contributed by atoms with Crippen molar-refractivity contribution in [3.63, 3.8) is 0 Å². The van der Waals surface area contributed by atoms with E-state index in [1.54, 1.807) is 0 Å². The minimum absolute atomic E-state index is 0.0265. The van der Waals surface area contributed by atoms with Gasteiger partial charge in [-0.1, -0.05) is 26.0 Å². The molecule has 1 N–H and O–H groups in total. The largest absolute Gasteiger partial charge is 0.324 e. The van der Waals surface area contributed by atoms with Crippen LogP contribution < -0.4 is 5.32 Å². The minimum atomic E-state index is 0.0265. The van der Waals surface area contributed by atoms with Crippen molar-refractivity contribution in [3.8, 4) is 0 Å². The maximum absolute atomic E-state index is 11.9. The maximum atomic E-state index is 11.9. The SMILES string of the molecule is CCc1ccc(NC(=O)N2CCC(C)C2)cc1. The molecule has 3 nitrogen and oxygen atoms in total. The first-order valence-electron chi connectivity index (χ1n) is 6.34. The Bertz CT molecular complexity index is 386. The monoisotopic (exact) mass is 232 g/mol. The van der Waals surface area contributed by atoms with Crippen LogP contribution in [0.3, 0.4) is 0 Å². The number of hydrogen-bond acceptors (Lipinski definition) is 1. The number of rotatable bonds is 2. The first kappa shape index (κ1) is 12.0. The zero-order chi connectivity index (χ0) is 12.3. The molecule has 0 radical (unpaired) electrons. The molecule has 0 aromatic heterocycles. The Hall–Kier alpha value is -1.51. The predicted molar refractivity (Wildman–Crippen MR) is 70.2 cm³/mol. The highest BCUT2D eigenvalue weighted by atomic mass is 16.2. The van der Waals surface area contributed by atoms with Crippen LogP contribution in [0.1, 0.15) is 25.8 Å². The van der Waals surface area contributed by atoms with Gasteiger partial charge in [0.2, 0.25) is 0 Å². The molecule has 17 heavy (non-hydrogen) atoms. The Kier molecular flexibility index (Phi) is 3.67. The van der Waals surface area contributed by atoms with Gasteiger partial charge in [-0.05, 0) is 36.5 Å². The van der Waals surface area contributed by atoms with Gasteiger partial charge >= 0.3 is 6.03 Å². The average molecular weight is 232 g/mol. The van der Waals surface area contributed by atoms with Crippen molar-refractivity contribution in [2.24, 2.45) is 5.92 Å². The molecule has 3 heteroatoms. The number of nitrogens with zero attached hydrogens (tertiary/aromatic N) is 1. The van der Waals surface area contributed by atoms with Gasteiger partial charge in [-0.3, -0.25) is 0 Å². The lowest BCUT2D eigenvalue weighted by molar-refractivity contribution is 0.221. The molecule has 1 saturated heterocycles. The van der Waals surface area contributed by atoms with Gasteiger partial charge in [-0.25, -0.2) is 4.79 Å². The van der Waals surface area contributed by atoms with Crippen molar-refractivity contribution in [1.29, 1.82) is 0 Å². The number of carbonyl (C=O) groups excluding carboxylic acids is 1. The number of carbonyl (C=O) groups is 1. The summed E-state index contributed by atoms with van der Waals surface area (Å²) in [6, 6.07) is 8.08. The van der Waals surface area contributed by atoms with Crippen LogP contribution in [0.2, 0.25) is 0 Å². The zero-order valence-electron chi connectivity index (χ0n) is 10.6. The Morgan fingerprint density at radius 1 is 1.41 bits per heavy atom. The molecule has 0 aliphatic carbocycles. The van der Waals surface area contributed by atoms with E-state index in [0.29, 0.717) is 5.92 Å². The predicted octanol–water partition coefficient (Wildman–Crippen LogP) is 3.12. The standard InChI is InChI=1S/C14H20N2O/c1-3-12-4-6-13(7-5-12)15-14(17)16-9-8-11(2)10-16/h4-7,11H,3,8-10H2,1-2H3,(H,15,17). The van der Waals surface area contributed by atoms with Crippen LogP contribution in [-0.2, 0) is 6.42 Å². The van der Waals surface area contributed by atoms with Crippen LogP contribution in [0.25, 0.3) is 0 Å². The van der Waals surface area contributed by atoms with Crippen LogP contribution in [0.15, 0.2) is 24.3 Å². The summed E-state index contributed by atoms with van der Waals surface area (Å²) in [5, 5.41) is 2.94. The van der Waals surface area contributed by atoms with Crippen molar-refractivity contribution < 1.29 is 4.79 Å². The van der Waals surface area contributed by atoms with E-state index >= 15 is 0 Å².